The van der Waals surface area contributed by atoms with Crippen LogP contribution in [0.1, 0.15) is 31.5 Å². The summed E-state index contributed by atoms with van der Waals surface area (Å²) in [4.78, 5) is 20.5. The topological polar surface area (TPSA) is 91.2 Å². The molecule has 0 fully saturated rings. The SMILES string of the molecule is CC[C@@H](C)S(=O)(=O)Cc1cc(-c2ccc(=O)n(C)c2)nc(Oc2c(C)cccc2Cl)n1. The number of aryl methyl sites for hydroxylation is 2. The normalized spacial score (nSPS) is 12.5. The van der Waals surface area contributed by atoms with Crippen LogP contribution in [-0.2, 0) is 22.6 Å². The quantitative estimate of drug-likeness (QED) is 0.520. The molecule has 0 saturated carbocycles. The van der Waals surface area contributed by atoms with E-state index in [-0.39, 0.29) is 17.3 Å². The summed E-state index contributed by atoms with van der Waals surface area (Å²) in [6, 6.07) is 9.97. The van der Waals surface area contributed by atoms with Crippen molar-refractivity contribution in [3.05, 3.63) is 69.2 Å². The van der Waals surface area contributed by atoms with Crippen molar-refractivity contribution in [2.75, 3.05) is 0 Å². The molecular formula is C22H24ClN3O4S. The van der Waals surface area contributed by atoms with Crippen LogP contribution in [0.5, 0.6) is 11.8 Å². The maximum Gasteiger partial charge on any atom is 0.322 e. The smallest absolute Gasteiger partial charge is 0.322 e. The number of aromatic nitrogens is 3. The lowest BCUT2D eigenvalue weighted by Gasteiger charge is -2.14. The van der Waals surface area contributed by atoms with Crippen LogP contribution in [0, 0.1) is 6.92 Å². The maximum atomic E-state index is 12.7. The van der Waals surface area contributed by atoms with Crippen molar-refractivity contribution in [1.29, 1.82) is 0 Å². The number of ether oxygens (including phenoxy) is 1. The van der Waals surface area contributed by atoms with Gasteiger partial charge in [-0.1, -0.05) is 30.7 Å². The number of hydrogen-bond donors (Lipinski definition) is 0. The fourth-order valence-electron chi connectivity index (χ4n) is 2.93. The number of halogens is 1. The van der Waals surface area contributed by atoms with E-state index in [9.17, 15) is 13.2 Å². The summed E-state index contributed by atoms with van der Waals surface area (Å²) in [5.74, 6) is 0.152. The van der Waals surface area contributed by atoms with E-state index in [1.807, 2.05) is 19.9 Å². The fourth-order valence-corrected chi connectivity index (χ4v) is 4.54. The Morgan fingerprint density at radius 2 is 1.94 bits per heavy atom. The first-order valence-electron chi connectivity index (χ1n) is 9.80. The second-order valence-electron chi connectivity index (χ2n) is 7.41. The number of hydrogen-bond acceptors (Lipinski definition) is 6. The molecular weight excluding hydrogens is 438 g/mol. The number of pyridine rings is 1. The summed E-state index contributed by atoms with van der Waals surface area (Å²) >= 11 is 6.27. The third-order valence-electron chi connectivity index (χ3n) is 5.03. The second-order valence-corrected chi connectivity index (χ2v) is 10.2. The molecule has 3 rings (SSSR count). The van der Waals surface area contributed by atoms with Gasteiger partial charge in [-0.05, 0) is 44.0 Å². The first-order valence-corrected chi connectivity index (χ1v) is 11.9. The van der Waals surface area contributed by atoms with E-state index in [2.05, 4.69) is 9.97 Å². The average molecular weight is 462 g/mol. The predicted octanol–water partition coefficient (Wildman–Crippen LogP) is 4.31. The van der Waals surface area contributed by atoms with Crippen molar-refractivity contribution in [2.24, 2.45) is 7.05 Å². The molecule has 2 aromatic heterocycles. The Balaban J connectivity index is 2.11. The van der Waals surface area contributed by atoms with Crippen molar-refractivity contribution < 1.29 is 13.2 Å². The molecule has 0 saturated heterocycles. The highest BCUT2D eigenvalue weighted by atomic mass is 35.5. The average Bonchev–Trinajstić information content (AvgIpc) is 2.71. The fraction of sp³-hybridized carbons (Fsp3) is 0.318. The molecule has 0 N–H and O–H groups in total. The lowest BCUT2D eigenvalue weighted by molar-refractivity contribution is 0.438. The van der Waals surface area contributed by atoms with Gasteiger partial charge in [-0.25, -0.2) is 8.42 Å². The molecule has 2 heterocycles. The summed E-state index contributed by atoms with van der Waals surface area (Å²) in [5, 5.41) is -0.108. The molecule has 0 bridgehead atoms. The van der Waals surface area contributed by atoms with Crippen molar-refractivity contribution in [1.82, 2.24) is 14.5 Å². The number of benzene rings is 1. The van der Waals surface area contributed by atoms with Gasteiger partial charge in [0.1, 0.15) is 0 Å². The van der Waals surface area contributed by atoms with Crippen molar-refractivity contribution in [2.45, 2.75) is 38.2 Å². The Morgan fingerprint density at radius 1 is 1.19 bits per heavy atom. The van der Waals surface area contributed by atoms with Gasteiger partial charge < -0.3 is 9.30 Å². The Bertz CT molecular complexity index is 1250. The van der Waals surface area contributed by atoms with Crippen molar-refractivity contribution >= 4 is 21.4 Å². The van der Waals surface area contributed by atoms with Gasteiger partial charge in [-0.2, -0.15) is 9.97 Å². The van der Waals surface area contributed by atoms with Crippen molar-refractivity contribution in [3.63, 3.8) is 0 Å². The van der Waals surface area contributed by atoms with Crippen LogP contribution >= 0.6 is 11.6 Å². The first-order chi connectivity index (χ1) is 14.6. The molecule has 7 nitrogen and oxygen atoms in total. The minimum absolute atomic E-state index is 0.0168. The summed E-state index contributed by atoms with van der Waals surface area (Å²) < 4.78 is 32.7. The Labute approximate surface area is 186 Å². The molecule has 1 aromatic carbocycles. The summed E-state index contributed by atoms with van der Waals surface area (Å²) in [6.07, 6.45) is 2.13. The standard InChI is InChI=1S/C22H24ClN3O4S/c1-5-15(3)31(28,29)13-17-11-19(16-9-10-20(27)26(4)12-16)25-22(24-17)30-21-14(2)7-6-8-18(21)23/h6-12,15H,5,13H2,1-4H3/t15-/m1/s1. The third kappa shape index (κ3) is 5.32. The van der Waals surface area contributed by atoms with Crippen LogP contribution in [0.2, 0.25) is 5.02 Å². The van der Waals surface area contributed by atoms with Gasteiger partial charge in [0, 0.05) is 24.9 Å². The van der Waals surface area contributed by atoms with E-state index in [4.69, 9.17) is 16.3 Å². The second kappa shape index (κ2) is 9.20. The minimum Gasteiger partial charge on any atom is -0.422 e. The number of para-hydroxylation sites is 1. The molecule has 9 heteroatoms. The van der Waals surface area contributed by atoms with Crippen LogP contribution in [0.15, 0.2) is 47.4 Å². The Hall–Kier alpha value is -2.71. The maximum absolute atomic E-state index is 12.7. The monoisotopic (exact) mass is 461 g/mol. The van der Waals surface area contributed by atoms with Crippen LogP contribution < -0.4 is 10.3 Å². The number of rotatable bonds is 7. The minimum atomic E-state index is -3.41. The van der Waals surface area contributed by atoms with Gasteiger partial charge in [0.25, 0.3) is 0 Å². The zero-order chi connectivity index (χ0) is 22.8. The van der Waals surface area contributed by atoms with E-state index >= 15 is 0 Å². The highest BCUT2D eigenvalue weighted by Crippen LogP contribution is 2.32. The van der Waals surface area contributed by atoms with Gasteiger partial charge >= 0.3 is 6.01 Å². The third-order valence-corrected chi connectivity index (χ3v) is 7.59. The van der Waals surface area contributed by atoms with Crippen LogP contribution in [-0.4, -0.2) is 28.2 Å². The zero-order valence-corrected chi connectivity index (χ0v) is 19.4. The molecule has 0 spiro atoms. The lowest BCUT2D eigenvalue weighted by atomic mass is 10.2. The van der Waals surface area contributed by atoms with E-state index < -0.39 is 15.1 Å². The summed E-state index contributed by atoms with van der Waals surface area (Å²) in [6.45, 7) is 5.34. The van der Waals surface area contributed by atoms with Gasteiger partial charge in [0.05, 0.1) is 27.4 Å². The highest BCUT2D eigenvalue weighted by Gasteiger charge is 2.22. The zero-order valence-electron chi connectivity index (χ0n) is 17.8. The Morgan fingerprint density at radius 3 is 2.58 bits per heavy atom. The first kappa shape index (κ1) is 23.0. The van der Waals surface area contributed by atoms with Crippen LogP contribution in [0.4, 0.5) is 0 Å². The van der Waals surface area contributed by atoms with E-state index in [1.165, 1.54) is 10.6 Å². The number of sulfone groups is 1. The molecule has 0 aliphatic rings. The highest BCUT2D eigenvalue weighted by molar-refractivity contribution is 7.91. The van der Waals surface area contributed by atoms with E-state index in [0.29, 0.717) is 34.1 Å². The molecule has 3 aromatic rings. The molecule has 0 aliphatic heterocycles. The van der Waals surface area contributed by atoms with Crippen molar-refractivity contribution in [3.8, 4) is 23.0 Å². The molecule has 0 aliphatic carbocycles. The molecule has 0 amide bonds. The molecule has 0 unspecified atom stereocenters. The molecule has 1 atom stereocenters. The lowest BCUT2D eigenvalue weighted by Crippen LogP contribution is -2.19. The summed E-state index contributed by atoms with van der Waals surface area (Å²) in [7, 11) is -1.78. The van der Waals surface area contributed by atoms with Gasteiger partial charge in [0.2, 0.25) is 5.56 Å². The van der Waals surface area contributed by atoms with Gasteiger partial charge in [-0.3, -0.25) is 4.79 Å². The van der Waals surface area contributed by atoms with E-state index in [1.54, 1.807) is 44.4 Å². The molecule has 0 radical (unpaired) electrons. The molecule has 164 valence electrons. The Kier molecular flexibility index (Phi) is 6.81. The van der Waals surface area contributed by atoms with Crippen LogP contribution in [0.3, 0.4) is 0 Å². The number of nitrogens with zero attached hydrogens (tertiary/aromatic N) is 3. The van der Waals surface area contributed by atoms with Gasteiger partial charge in [0.15, 0.2) is 15.6 Å². The van der Waals surface area contributed by atoms with Crippen LogP contribution in [0.25, 0.3) is 11.3 Å². The predicted molar refractivity (Wildman–Crippen MR) is 121 cm³/mol. The van der Waals surface area contributed by atoms with Gasteiger partial charge in [-0.15, -0.1) is 0 Å². The summed E-state index contributed by atoms with van der Waals surface area (Å²) in [5.41, 5.74) is 2.00. The molecule has 31 heavy (non-hydrogen) atoms. The van der Waals surface area contributed by atoms with E-state index in [0.717, 1.165) is 5.56 Å². The largest absolute Gasteiger partial charge is 0.422 e.